The van der Waals surface area contributed by atoms with E-state index >= 15 is 0 Å². The summed E-state index contributed by atoms with van der Waals surface area (Å²) in [5.41, 5.74) is 0.536. The third-order valence-corrected chi connectivity index (χ3v) is 3.90. The molecule has 1 aliphatic heterocycles. The molecule has 1 aromatic carbocycles. The third-order valence-electron chi connectivity index (χ3n) is 3.90. The zero-order chi connectivity index (χ0) is 16.2. The van der Waals surface area contributed by atoms with Crippen molar-refractivity contribution in [3.8, 4) is 6.07 Å². The molecule has 1 aliphatic rings. The fourth-order valence-corrected chi connectivity index (χ4v) is 2.79. The Balaban J connectivity index is 1.94. The van der Waals surface area contributed by atoms with E-state index in [1.807, 2.05) is 13.8 Å². The highest BCUT2D eigenvalue weighted by molar-refractivity contribution is 5.75. The molecule has 22 heavy (non-hydrogen) atoms. The topological polar surface area (TPSA) is 56.1 Å². The summed E-state index contributed by atoms with van der Waals surface area (Å²) in [5.74, 6) is -0.332. The van der Waals surface area contributed by atoms with Crippen LogP contribution in [-0.4, -0.2) is 29.6 Å². The second-order valence-electron chi connectivity index (χ2n) is 6.53. The Morgan fingerprint density at radius 2 is 2.14 bits per heavy atom. The number of benzene rings is 1. The van der Waals surface area contributed by atoms with Gasteiger partial charge in [-0.1, -0.05) is 12.1 Å². The molecule has 1 saturated heterocycles. The molecule has 1 N–H and O–H groups in total. The summed E-state index contributed by atoms with van der Waals surface area (Å²) in [6.07, 6.45) is 2.35. The van der Waals surface area contributed by atoms with Gasteiger partial charge in [0.2, 0.25) is 0 Å². The fraction of sp³-hybridized carbons (Fsp3) is 0.529. The minimum atomic E-state index is -0.436. The van der Waals surface area contributed by atoms with E-state index in [-0.39, 0.29) is 17.8 Å². The molecule has 0 unspecified atom stereocenters. The van der Waals surface area contributed by atoms with E-state index in [2.05, 4.69) is 11.4 Å². The van der Waals surface area contributed by atoms with Gasteiger partial charge in [0.1, 0.15) is 5.82 Å². The van der Waals surface area contributed by atoms with Crippen LogP contribution in [0.25, 0.3) is 0 Å². The van der Waals surface area contributed by atoms with Crippen LogP contribution in [0.1, 0.15) is 32.3 Å². The molecule has 1 atom stereocenters. The number of carbonyl (C=O) groups excluding carboxylic acids is 1. The monoisotopic (exact) mass is 303 g/mol. The average molecular weight is 303 g/mol. The lowest BCUT2D eigenvalue weighted by molar-refractivity contribution is 0.166. The number of halogens is 1. The van der Waals surface area contributed by atoms with Crippen LogP contribution in [0.5, 0.6) is 0 Å². The van der Waals surface area contributed by atoms with Crippen molar-refractivity contribution in [3.05, 3.63) is 35.6 Å². The van der Waals surface area contributed by atoms with Crippen LogP contribution >= 0.6 is 0 Å². The first-order valence-electron chi connectivity index (χ1n) is 7.61. The Kier molecular flexibility index (Phi) is 5.02. The molecule has 5 heteroatoms. The molecule has 0 aromatic heterocycles. The van der Waals surface area contributed by atoms with E-state index in [4.69, 9.17) is 5.26 Å². The number of nitrogens with zero attached hydrogens (tertiary/aromatic N) is 2. The summed E-state index contributed by atoms with van der Waals surface area (Å²) >= 11 is 0. The van der Waals surface area contributed by atoms with Crippen LogP contribution in [0.15, 0.2) is 24.3 Å². The Bertz CT molecular complexity index is 562. The smallest absolute Gasteiger partial charge is 0.317 e. The van der Waals surface area contributed by atoms with E-state index < -0.39 is 5.54 Å². The van der Waals surface area contributed by atoms with Crippen LogP contribution in [0.3, 0.4) is 0 Å². The highest BCUT2D eigenvalue weighted by Gasteiger charge is 2.27. The van der Waals surface area contributed by atoms with Crippen molar-refractivity contribution in [1.29, 1.82) is 5.26 Å². The largest absolute Gasteiger partial charge is 0.333 e. The van der Waals surface area contributed by atoms with E-state index in [1.54, 1.807) is 17.0 Å². The molecule has 1 heterocycles. The number of carbonyl (C=O) groups is 1. The lowest BCUT2D eigenvalue weighted by Crippen LogP contribution is -2.53. The molecular formula is C17H22FN3O. The van der Waals surface area contributed by atoms with Gasteiger partial charge in [-0.3, -0.25) is 0 Å². The summed E-state index contributed by atoms with van der Waals surface area (Å²) in [7, 11) is 0. The zero-order valence-electron chi connectivity index (χ0n) is 13.1. The van der Waals surface area contributed by atoms with Crippen LogP contribution in [-0.2, 0) is 6.42 Å². The summed E-state index contributed by atoms with van der Waals surface area (Å²) in [6.45, 7) is 5.07. The molecule has 0 saturated carbocycles. The molecule has 4 nitrogen and oxygen atoms in total. The third kappa shape index (κ3) is 4.45. The van der Waals surface area contributed by atoms with Crippen molar-refractivity contribution in [2.24, 2.45) is 5.92 Å². The van der Waals surface area contributed by atoms with Crippen molar-refractivity contribution < 1.29 is 9.18 Å². The van der Waals surface area contributed by atoms with Gasteiger partial charge in [0.05, 0.1) is 12.0 Å². The first kappa shape index (κ1) is 16.3. The predicted molar refractivity (Wildman–Crippen MR) is 82.6 cm³/mol. The van der Waals surface area contributed by atoms with Gasteiger partial charge in [-0.15, -0.1) is 0 Å². The Labute approximate surface area is 130 Å². The molecule has 0 bridgehead atoms. The molecule has 2 amide bonds. The second-order valence-corrected chi connectivity index (χ2v) is 6.53. The summed E-state index contributed by atoms with van der Waals surface area (Å²) < 4.78 is 12.9. The first-order chi connectivity index (χ1) is 10.4. The SMILES string of the molecule is CC(C)(Cc1ccc(F)cc1)NC(=O)N1CCC[C@H](C#N)C1. The maximum Gasteiger partial charge on any atom is 0.317 e. The number of piperidine rings is 1. The van der Waals surface area contributed by atoms with Gasteiger partial charge in [-0.25, -0.2) is 9.18 Å². The number of nitriles is 1. The summed E-state index contributed by atoms with van der Waals surface area (Å²) in [4.78, 5) is 14.1. The Hall–Kier alpha value is -2.09. The van der Waals surface area contributed by atoms with Gasteiger partial charge in [0.15, 0.2) is 0 Å². The molecule has 1 fully saturated rings. The number of likely N-dealkylation sites (tertiary alicyclic amines) is 1. The zero-order valence-corrected chi connectivity index (χ0v) is 13.1. The van der Waals surface area contributed by atoms with Gasteiger partial charge in [-0.05, 0) is 50.8 Å². The van der Waals surface area contributed by atoms with Crippen LogP contribution in [0.2, 0.25) is 0 Å². The van der Waals surface area contributed by atoms with Gasteiger partial charge < -0.3 is 10.2 Å². The van der Waals surface area contributed by atoms with Crippen molar-refractivity contribution >= 4 is 6.03 Å². The van der Waals surface area contributed by atoms with Crippen molar-refractivity contribution in [2.45, 2.75) is 38.6 Å². The van der Waals surface area contributed by atoms with E-state index in [9.17, 15) is 9.18 Å². The minimum absolute atomic E-state index is 0.0697. The highest BCUT2D eigenvalue weighted by Crippen LogP contribution is 2.18. The average Bonchev–Trinajstić information content (AvgIpc) is 2.49. The fourth-order valence-electron chi connectivity index (χ4n) is 2.79. The molecule has 1 aromatic rings. The lowest BCUT2D eigenvalue weighted by Gasteiger charge is -2.34. The maximum absolute atomic E-state index is 12.9. The first-order valence-corrected chi connectivity index (χ1v) is 7.61. The number of hydrogen-bond donors (Lipinski definition) is 1. The lowest BCUT2D eigenvalue weighted by atomic mass is 9.95. The standard InChI is InChI=1S/C17H22FN3O/c1-17(2,10-13-5-7-15(18)8-6-13)20-16(22)21-9-3-4-14(11-19)12-21/h5-8,14H,3-4,9-10,12H2,1-2H3,(H,20,22)/t14-/m1/s1. The van der Waals surface area contributed by atoms with Gasteiger partial charge in [0, 0.05) is 18.6 Å². The second kappa shape index (κ2) is 6.78. The molecular weight excluding hydrogens is 281 g/mol. The van der Waals surface area contributed by atoms with Gasteiger partial charge >= 0.3 is 6.03 Å². The number of rotatable bonds is 3. The van der Waals surface area contributed by atoms with Crippen molar-refractivity contribution in [3.63, 3.8) is 0 Å². The number of urea groups is 1. The van der Waals surface area contributed by atoms with E-state index in [0.717, 1.165) is 18.4 Å². The van der Waals surface area contributed by atoms with Crippen LogP contribution in [0, 0.1) is 23.1 Å². The molecule has 0 spiro atoms. The summed E-state index contributed by atoms with van der Waals surface area (Å²) in [6, 6.07) is 8.42. The maximum atomic E-state index is 12.9. The Morgan fingerprint density at radius 3 is 2.77 bits per heavy atom. The number of nitrogens with one attached hydrogen (secondary N) is 1. The van der Waals surface area contributed by atoms with Crippen LogP contribution < -0.4 is 5.32 Å². The quantitative estimate of drug-likeness (QED) is 0.933. The molecule has 2 rings (SSSR count). The van der Waals surface area contributed by atoms with Crippen molar-refractivity contribution in [2.75, 3.05) is 13.1 Å². The highest BCUT2D eigenvalue weighted by atomic mass is 19.1. The molecule has 0 radical (unpaired) electrons. The normalized spacial score (nSPS) is 18.6. The Morgan fingerprint density at radius 1 is 1.45 bits per heavy atom. The number of hydrogen-bond acceptors (Lipinski definition) is 2. The summed E-state index contributed by atoms with van der Waals surface area (Å²) in [5, 5.41) is 12.0. The number of amides is 2. The predicted octanol–water partition coefficient (Wildman–Crippen LogP) is 3.09. The van der Waals surface area contributed by atoms with E-state index in [1.165, 1.54) is 12.1 Å². The molecule has 0 aliphatic carbocycles. The van der Waals surface area contributed by atoms with Gasteiger partial charge in [0.25, 0.3) is 0 Å². The van der Waals surface area contributed by atoms with Crippen molar-refractivity contribution in [1.82, 2.24) is 10.2 Å². The van der Waals surface area contributed by atoms with E-state index in [0.29, 0.717) is 19.5 Å². The molecule has 118 valence electrons. The van der Waals surface area contributed by atoms with Gasteiger partial charge in [-0.2, -0.15) is 5.26 Å². The van der Waals surface area contributed by atoms with Crippen LogP contribution in [0.4, 0.5) is 9.18 Å². The minimum Gasteiger partial charge on any atom is -0.333 e.